The van der Waals surface area contributed by atoms with E-state index in [2.05, 4.69) is 0 Å². The Morgan fingerprint density at radius 2 is 2.21 bits per heavy atom. The molecule has 1 rings (SSSR count). The van der Waals surface area contributed by atoms with E-state index in [9.17, 15) is 9.90 Å². The number of aliphatic hydroxyl groups is 3. The summed E-state index contributed by atoms with van der Waals surface area (Å²) in [6, 6.07) is 0. The lowest BCUT2D eigenvalue weighted by atomic mass is 10.3. The maximum atomic E-state index is 11.4. The number of hydrogen-bond donors (Lipinski definition) is 3. The van der Waals surface area contributed by atoms with Crippen LogP contribution in [0.15, 0.2) is 0 Å². The number of quaternary nitrogens is 1. The van der Waals surface area contributed by atoms with Gasteiger partial charge in [0.25, 0.3) is 0 Å². The van der Waals surface area contributed by atoms with Crippen molar-refractivity contribution in [3.63, 3.8) is 0 Å². The van der Waals surface area contributed by atoms with Crippen LogP contribution in [0, 0.1) is 0 Å². The van der Waals surface area contributed by atoms with Crippen LogP contribution >= 0.6 is 0 Å². The van der Waals surface area contributed by atoms with Crippen LogP contribution in [0.4, 0.5) is 4.79 Å². The quantitative estimate of drug-likeness (QED) is 0.467. The van der Waals surface area contributed by atoms with Crippen LogP contribution in [0.25, 0.3) is 0 Å². The van der Waals surface area contributed by atoms with Crippen LogP contribution in [0.3, 0.4) is 0 Å². The molecule has 1 heterocycles. The number of rotatable bonds is 5. The molecule has 3 N–H and O–H groups in total. The second-order valence-corrected chi connectivity index (χ2v) is 3.45. The highest BCUT2D eigenvalue weighted by Gasteiger charge is 2.44. The Labute approximate surface area is 81.9 Å². The van der Waals surface area contributed by atoms with Crippen molar-refractivity contribution in [2.45, 2.75) is 6.10 Å². The van der Waals surface area contributed by atoms with E-state index in [1.807, 2.05) is 0 Å². The minimum atomic E-state index is -0.952. The summed E-state index contributed by atoms with van der Waals surface area (Å²) in [5, 5.41) is 26.8. The topological polar surface area (TPSA) is 87.0 Å². The average Bonchev–Trinajstić information content (AvgIpc) is 2.49. The van der Waals surface area contributed by atoms with Crippen LogP contribution < -0.4 is 0 Å². The fraction of sp³-hybridized carbons (Fsp3) is 0.875. The Morgan fingerprint density at radius 1 is 1.50 bits per heavy atom. The molecule has 1 saturated heterocycles. The van der Waals surface area contributed by atoms with E-state index < -0.39 is 18.8 Å². The van der Waals surface area contributed by atoms with Crippen LogP contribution in [-0.4, -0.2) is 71.5 Å². The van der Waals surface area contributed by atoms with Gasteiger partial charge in [-0.05, 0) is 0 Å². The molecule has 0 aromatic heterocycles. The SMILES string of the molecule is O=C1OCC[N+]1(CCO)CC(O)CO. The smallest absolute Gasteiger partial charge is 0.414 e. The van der Waals surface area contributed by atoms with E-state index in [1.165, 1.54) is 0 Å². The lowest BCUT2D eigenvalue weighted by Crippen LogP contribution is -2.55. The first-order valence-electron chi connectivity index (χ1n) is 4.58. The second-order valence-electron chi connectivity index (χ2n) is 3.45. The molecule has 0 saturated carbocycles. The van der Waals surface area contributed by atoms with E-state index in [0.717, 1.165) is 0 Å². The average molecular weight is 206 g/mol. The largest absolute Gasteiger partial charge is 0.516 e. The number of hydrogen-bond acceptors (Lipinski definition) is 5. The van der Waals surface area contributed by atoms with Crippen LogP contribution in [0.2, 0.25) is 0 Å². The molecule has 1 aliphatic rings. The fourth-order valence-corrected chi connectivity index (χ4v) is 1.65. The van der Waals surface area contributed by atoms with Crippen molar-refractivity contribution < 1.29 is 29.3 Å². The molecule has 0 aliphatic carbocycles. The number of cyclic esters (lactones) is 1. The standard InChI is InChI=1S/C8H16NO5/c10-3-1-9(5-7(12)6-11)2-4-14-8(9)13/h7,10-12H,1-6H2/q+1. The van der Waals surface area contributed by atoms with Crippen LogP contribution in [0.5, 0.6) is 0 Å². The van der Waals surface area contributed by atoms with Gasteiger partial charge >= 0.3 is 6.09 Å². The molecule has 0 spiro atoms. The van der Waals surface area contributed by atoms with Gasteiger partial charge < -0.3 is 20.1 Å². The van der Waals surface area contributed by atoms with Crippen molar-refractivity contribution in [3.05, 3.63) is 0 Å². The zero-order chi connectivity index (χ0) is 10.6. The van der Waals surface area contributed by atoms with Gasteiger partial charge in [0.15, 0.2) is 0 Å². The molecule has 0 aromatic rings. The van der Waals surface area contributed by atoms with Gasteiger partial charge in [-0.2, -0.15) is 4.79 Å². The molecule has 0 bridgehead atoms. The molecule has 0 aromatic carbocycles. The third-order valence-corrected chi connectivity index (χ3v) is 2.43. The summed E-state index contributed by atoms with van der Waals surface area (Å²) >= 11 is 0. The van der Waals surface area contributed by atoms with Gasteiger partial charge in [-0.3, -0.25) is 0 Å². The van der Waals surface area contributed by atoms with Crippen LogP contribution in [-0.2, 0) is 4.74 Å². The third-order valence-electron chi connectivity index (χ3n) is 2.43. The minimum absolute atomic E-state index is 0.0931. The first-order chi connectivity index (χ1) is 6.64. The molecule has 2 unspecified atom stereocenters. The van der Waals surface area contributed by atoms with Crippen LogP contribution in [0.1, 0.15) is 0 Å². The summed E-state index contributed by atoms with van der Waals surface area (Å²) < 4.78 is 4.70. The first kappa shape index (κ1) is 11.4. The predicted molar refractivity (Wildman–Crippen MR) is 46.4 cm³/mol. The van der Waals surface area contributed by atoms with E-state index in [4.69, 9.17) is 14.9 Å². The van der Waals surface area contributed by atoms with Gasteiger partial charge in [-0.15, -0.1) is 0 Å². The molecular weight excluding hydrogens is 190 g/mol. The van der Waals surface area contributed by atoms with Crippen molar-refractivity contribution in [2.24, 2.45) is 0 Å². The summed E-state index contributed by atoms with van der Waals surface area (Å²) in [4.78, 5) is 11.4. The highest BCUT2D eigenvalue weighted by atomic mass is 16.6. The van der Waals surface area contributed by atoms with Gasteiger partial charge in [0.2, 0.25) is 0 Å². The molecule has 6 heteroatoms. The number of ether oxygens (including phenoxy) is 1. The number of nitrogens with zero attached hydrogens (tertiary/aromatic N) is 1. The summed E-state index contributed by atoms with van der Waals surface area (Å²) in [7, 11) is 0. The van der Waals surface area contributed by atoms with Crippen molar-refractivity contribution in [3.8, 4) is 0 Å². The molecule has 0 radical (unpaired) electrons. The fourth-order valence-electron chi connectivity index (χ4n) is 1.65. The number of amides is 1. The molecule has 1 amide bonds. The Morgan fingerprint density at radius 3 is 2.64 bits per heavy atom. The zero-order valence-electron chi connectivity index (χ0n) is 7.93. The predicted octanol–water partition coefficient (Wildman–Crippen LogP) is -1.70. The van der Waals surface area contributed by atoms with Crippen molar-refractivity contribution in [1.82, 2.24) is 0 Å². The van der Waals surface area contributed by atoms with E-state index in [1.54, 1.807) is 0 Å². The summed E-state index contributed by atoms with van der Waals surface area (Å²) in [5.41, 5.74) is 0. The molecule has 1 fully saturated rings. The molecular formula is C8H16NO5+. The second kappa shape index (κ2) is 4.70. The highest BCUT2D eigenvalue weighted by molar-refractivity contribution is 5.61. The summed E-state index contributed by atoms with van der Waals surface area (Å²) in [5.74, 6) is 0. The monoisotopic (exact) mass is 206 g/mol. The Balaban J connectivity index is 2.66. The number of aliphatic hydroxyl groups excluding tert-OH is 3. The maximum Gasteiger partial charge on any atom is 0.516 e. The Kier molecular flexibility index (Phi) is 3.82. The normalized spacial score (nSPS) is 28.9. The molecule has 82 valence electrons. The summed E-state index contributed by atoms with van der Waals surface area (Å²) in [6.45, 7) is 0.519. The van der Waals surface area contributed by atoms with Gasteiger partial charge in [-0.25, -0.2) is 4.48 Å². The van der Waals surface area contributed by atoms with Gasteiger partial charge in [0.1, 0.15) is 32.3 Å². The van der Waals surface area contributed by atoms with E-state index in [-0.39, 0.29) is 24.2 Å². The Hall–Kier alpha value is -0.690. The van der Waals surface area contributed by atoms with Gasteiger partial charge in [-0.1, -0.05) is 0 Å². The van der Waals surface area contributed by atoms with Gasteiger partial charge in [0, 0.05) is 0 Å². The third kappa shape index (κ3) is 2.21. The maximum absolute atomic E-state index is 11.4. The highest BCUT2D eigenvalue weighted by Crippen LogP contribution is 2.17. The zero-order valence-corrected chi connectivity index (χ0v) is 7.93. The lowest BCUT2D eigenvalue weighted by molar-refractivity contribution is -0.846. The summed E-state index contributed by atoms with van der Waals surface area (Å²) in [6.07, 6.45) is -1.39. The molecule has 1 aliphatic heterocycles. The minimum Gasteiger partial charge on any atom is -0.414 e. The van der Waals surface area contributed by atoms with Crippen molar-refractivity contribution >= 4 is 6.09 Å². The first-order valence-corrected chi connectivity index (χ1v) is 4.58. The lowest BCUT2D eigenvalue weighted by Gasteiger charge is -2.28. The van der Waals surface area contributed by atoms with E-state index >= 15 is 0 Å². The van der Waals surface area contributed by atoms with Crippen molar-refractivity contribution in [2.75, 3.05) is 39.5 Å². The van der Waals surface area contributed by atoms with Crippen molar-refractivity contribution in [1.29, 1.82) is 0 Å². The number of carbonyl (C=O) groups excluding carboxylic acids is 1. The Bertz CT molecular complexity index is 210. The number of carbonyl (C=O) groups is 1. The molecule has 2 atom stereocenters. The van der Waals surface area contributed by atoms with E-state index in [0.29, 0.717) is 13.2 Å². The van der Waals surface area contributed by atoms with Gasteiger partial charge in [0.05, 0.1) is 13.2 Å². The molecule has 6 nitrogen and oxygen atoms in total. The molecule has 14 heavy (non-hydrogen) atoms.